The lowest BCUT2D eigenvalue weighted by molar-refractivity contribution is -0.143. The van der Waals surface area contributed by atoms with Crippen molar-refractivity contribution in [2.75, 3.05) is 0 Å². The maximum atomic E-state index is 13.2. The molecule has 0 aromatic heterocycles. The van der Waals surface area contributed by atoms with Crippen molar-refractivity contribution in [2.24, 2.45) is 0 Å². The SMILES string of the molecule is C[C@@H](OC1CCC2CCC1(c1ccccc1)N2)c1cc(C(F)(F)F)cc(C(F)(F)F)c1. The predicted molar refractivity (Wildman–Crippen MR) is 103 cm³/mol. The largest absolute Gasteiger partial charge is 0.416 e. The van der Waals surface area contributed by atoms with Crippen molar-refractivity contribution in [3.63, 3.8) is 0 Å². The van der Waals surface area contributed by atoms with Gasteiger partial charge in [0.2, 0.25) is 0 Å². The van der Waals surface area contributed by atoms with E-state index >= 15 is 0 Å². The van der Waals surface area contributed by atoms with Crippen LogP contribution in [0.4, 0.5) is 26.3 Å². The number of benzene rings is 2. The summed E-state index contributed by atoms with van der Waals surface area (Å²) in [5.41, 5.74) is -2.26. The number of hydrogen-bond acceptors (Lipinski definition) is 2. The fourth-order valence-electron chi connectivity index (χ4n) is 4.85. The second-order valence-corrected chi connectivity index (χ2v) is 8.40. The van der Waals surface area contributed by atoms with Gasteiger partial charge in [-0.1, -0.05) is 30.3 Å². The maximum Gasteiger partial charge on any atom is 0.416 e. The molecule has 0 saturated carbocycles. The molecule has 2 saturated heterocycles. The van der Waals surface area contributed by atoms with E-state index in [-0.39, 0.29) is 17.7 Å². The Morgan fingerprint density at radius 3 is 2.10 bits per heavy atom. The van der Waals surface area contributed by atoms with Crippen LogP contribution in [0.3, 0.4) is 0 Å². The molecule has 2 bridgehead atoms. The van der Waals surface area contributed by atoms with Crippen LogP contribution in [0.25, 0.3) is 0 Å². The molecule has 2 aliphatic rings. The second-order valence-electron chi connectivity index (χ2n) is 8.40. The molecule has 8 heteroatoms. The van der Waals surface area contributed by atoms with Crippen LogP contribution >= 0.6 is 0 Å². The van der Waals surface area contributed by atoms with E-state index in [2.05, 4.69) is 5.32 Å². The van der Waals surface area contributed by atoms with E-state index in [1.807, 2.05) is 30.3 Å². The van der Waals surface area contributed by atoms with Gasteiger partial charge in [0.05, 0.1) is 28.9 Å². The Labute approximate surface area is 176 Å². The summed E-state index contributed by atoms with van der Waals surface area (Å²) in [7, 11) is 0. The molecule has 0 amide bonds. The zero-order chi connectivity index (χ0) is 22.4. The van der Waals surface area contributed by atoms with Crippen LogP contribution in [0.15, 0.2) is 48.5 Å². The first-order valence-corrected chi connectivity index (χ1v) is 10.3. The van der Waals surface area contributed by atoms with Gasteiger partial charge in [-0.3, -0.25) is 0 Å². The number of alkyl halides is 6. The van der Waals surface area contributed by atoms with Crippen molar-refractivity contribution in [2.45, 2.75) is 68.7 Å². The van der Waals surface area contributed by atoms with Gasteiger partial charge in [0.25, 0.3) is 0 Å². The van der Waals surface area contributed by atoms with Crippen molar-refractivity contribution in [1.29, 1.82) is 0 Å². The molecule has 4 atom stereocenters. The quantitative estimate of drug-likeness (QED) is 0.537. The zero-order valence-corrected chi connectivity index (χ0v) is 16.9. The summed E-state index contributed by atoms with van der Waals surface area (Å²) in [5, 5.41) is 3.61. The fourth-order valence-corrected chi connectivity index (χ4v) is 4.85. The molecule has 3 unspecified atom stereocenters. The summed E-state index contributed by atoms with van der Waals surface area (Å²) >= 11 is 0. The van der Waals surface area contributed by atoms with Gasteiger partial charge in [-0.15, -0.1) is 0 Å². The third kappa shape index (κ3) is 4.32. The molecular weight excluding hydrogens is 420 g/mol. The van der Waals surface area contributed by atoms with Gasteiger partial charge in [-0.25, -0.2) is 0 Å². The Morgan fingerprint density at radius 1 is 0.903 bits per heavy atom. The van der Waals surface area contributed by atoms with Crippen molar-refractivity contribution in [3.05, 3.63) is 70.8 Å². The van der Waals surface area contributed by atoms with Gasteiger partial charge >= 0.3 is 12.4 Å². The Bertz CT molecular complexity index is 894. The van der Waals surface area contributed by atoms with Crippen molar-refractivity contribution < 1.29 is 31.1 Å². The zero-order valence-electron chi connectivity index (χ0n) is 16.9. The van der Waals surface area contributed by atoms with E-state index in [1.54, 1.807) is 0 Å². The number of halogens is 6. The van der Waals surface area contributed by atoms with E-state index in [0.717, 1.165) is 37.0 Å². The van der Waals surface area contributed by atoms with E-state index < -0.39 is 35.1 Å². The normalized spacial score (nSPS) is 27.3. The molecule has 0 radical (unpaired) electrons. The van der Waals surface area contributed by atoms with Crippen LogP contribution in [0.5, 0.6) is 0 Å². The predicted octanol–water partition coefficient (Wildman–Crippen LogP) is 6.61. The lowest BCUT2D eigenvalue weighted by Crippen LogP contribution is -2.54. The number of ether oxygens (including phenoxy) is 1. The molecule has 2 fully saturated rings. The van der Waals surface area contributed by atoms with Crippen molar-refractivity contribution in [3.8, 4) is 0 Å². The summed E-state index contributed by atoms with van der Waals surface area (Å²) in [6.07, 6.45) is -7.79. The van der Waals surface area contributed by atoms with E-state index in [1.165, 1.54) is 6.92 Å². The lowest BCUT2D eigenvalue weighted by atomic mass is 9.80. The minimum absolute atomic E-state index is 0.134. The third-order valence-corrected chi connectivity index (χ3v) is 6.41. The van der Waals surface area contributed by atoms with Gasteiger partial charge < -0.3 is 10.1 Å². The van der Waals surface area contributed by atoms with Crippen LogP contribution in [0.2, 0.25) is 0 Å². The molecule has 2 nitrogen and oxygen atoms in total. The number of nitrogens with one attached hydrogen (secondary N) is 1. The average molecular weight is 443 g/mol. The highest BCUT2D eigenvalue weighted by Gasteiger charge is 2.50. The Kier molecular flexibility index (Phi) is 5.58. The van der Waals surface area contributed by atoms with Gasteiger partial charge in [0.1, 0.15) is 0 Å². The van der Waals surface area contributed by atoms with Crippen LogP contribution < -0.4 is 5.32 Å². The fraction of sp³-hybridized carbons (Fsp3) is 0.478. The molecular formula is C23H23F6NO. The second kappa shape index (κ2) is 7.81. The molecule has 0 spiro atoms. The Hall–Kier alpha value is -2.06. The van der Waals surface area contributed by atoms with Gasteiger partial charge in [-0.05, 0) is 61.9 Å². The first-order chi connectivity index (χ1) is 14.5. The first-order valence-electron chi connectivity index (χ1n) is 10.3. The van der Waals surface area contributed by atoms with Crippen molar-refractivity contribution >= 4 is 0 Å². The van der Waals surface area contributed by atoms with Crippen molar-refractivity contribution in [1.82, 2.24) is 5.32 Å². The first kappa shape index (κ1) is 22.1. The number of piperidine rings is 1. The third-order valence-electron chi connectivity index (χ3n) is 6.41. The summed E-state index contributed by atoms with van der Waals surface area (Å²) in [4.78, 5) is 0. The van der Waals surface area contributed by atoms with E-state index in [9.17, 15) is 26.3 Å². The van der Waals surface area contributed by atoms with Crippen LogP contribution in [-0.2, 0) is 22.6 Å². The van der Waals surface area contributed by atoms with Crippen LogP contribution in [-0.4, -0.2) is 12.1 Å². The van der Waals surface area contributed by atoms with E-state index in [0.29, 0.717) is 12.5 Å². The molecule has 2 aliphatic heterocycles. The number of rotatable bonds is 4. The molecule has 0 aliphatic carbocycles. The van der Waals surface area contributed by atoms with Gasteiger partial charge in [0.15, 0.2) is 0 Å². The van der Waals surface area contributed by atoms with E-state index in [4.69, 9.17) is 4.74 Å². The number of fused-ring (bicyclic) bond motifs is 2. The number of hydrogen-bond donors (Lipinski definition) is 1. The van der Waals surface area contributed by atoms with Crippen LogP contribution in [0, 0.1) is 0 Å². The molecule has 2 aromatic carbocycles. The smallest absolute Gasteiger partial charge is 0.368 e. The minimum Gasteiger partial charge on any atom is -0.368 e. The standard InChI is InChI=1S/C23H23F6NO/c1-14(15-11-17(22(24,25)26)13-18(12-15)23(27,28)29)31-20-8-7-19-9-10-21(20,30-19)16-5-3-2-4-6-16/h2-6,11-14,19-20,30H,7-10H2,1H3/t14-,19?,20?,21?/m1/s1. The summed E-state index contributed by atoms with van der Waals surface area (Å²) in [5.74, 6) is 0. The molecule has 1 N–H and O–H groups in total. The summed E-state index contributed by atoms with van der Waals surface area (Å²) in [6.45, 7) is 1.51. The molecule has 168 valence electrons. The summed E-state index contributed by atoms with van der Waals surface area (Å²) < 4.78 is 85.7. The molecule has 31 heavy (non-hydrogen) atoms. The highest BCUT2D eigenvalue weighted by molar-refractivity contribution is 5.35. The molecule has 2 heterocycles. The topological polar surface area (TPSA) is 21.3 Å². The minimum atomic E-state index is -4.88. The Balaban J connectivity index is 1.66. The van der Waals surface area contributed by atoms with Crippen LogP contribution in [0.1, 0.15) is 61.0 Å². The van der Waals surface area contributed by atoms with Gasteiger partial charge in [0, 0.05) is 6.04 Å². The molecule has 2 aromatic rings. The Morgan fingerprint density at radius 2 is 1.52 bits per heavy atom. The summed E-state index contributed by atoms with van der Waals surface area (Å²) in [6, 6.07) is 11.7. The van der Waals surface area contributed by atoms with Gasteiger partial charge in [-0.2, -0.15) is 26.3 Å². The lowest BCUT2D eigenvalue weighted by Gasteiger charge is -2.43. The monoisotopic (exact) mass is 443 g/mol. The highest BCUT2D eigenvalue weighted by Crippen LogP contribution is 2.46. The molecule has 4 rings (SSSR count). The maximum absolute atomic E-state index is 13.2. The highest BCUT2D eigenvalue weighted by atomic mass is 19.4. The average Bonchev–Trinajstić information content (AvgIpc) is 3.08.